The molecule has 1 aromatic heterocycles. The topological polar surface area (TPSA) is 129 Å². The number of carbonyl (C=O) groups excluding carboxylic acids is 2. The SMILES string of the molecule is O=C(NCCO)C1=CC(Oc2ccccc2I)C(O)C(N(Cc2ccc(Cl)cc2Cl)C(=O)c2cc3ccccc3oc2=O)C1. The molecular weight excluding hydrogens is 722 g/mol. The van der Waals surface area contributed by atoms with E-state index in [2.05, 4.69) is 27.9 Å². The number of halogens is 3. The molecule has 1 heterocycles. The van der Waals surface area contributed by atoms with Crippen molar-refractivity contribution in [2.45, 2.75) is 31.2 Å². The molecule has 9 nitrogen and oxygen atoms in total. The standard InChI is InChI=1S/C32H27Cl2IN2O7/c33-21-10-9-19(23(34)16-21)17-37(31(41)22-13-18-5-1-3-7-26(18)44-32(22)42)25-14-20(30(40)36-11-12-38)15-28(29(25)39)43-27-8-4-2-6-24(27)35/h1-10,13,15-16,25,28-29,38-39H,11-12,14,17H2,(H,36,40). The van der Waals surface area contributed by atoms with Crippen molar-refractivity contribution in [3.05, 3.63) is 120 Å². The lowest BCUT2D eigenvalue weighted by molar-refractivity contribution is -0.118. The minimum Gasteiger partial charge on any atom is -0.482 e. The van der Waals surface area contributed by atoms with Crippen LogP contribution in [-0.2, 0) is 11.3 Å². The number of fused-ring (bicyclic) bond motifs is 1. The zero-order valence-corrected chi connectivity index (χ0v) is 26.8. The van der Waals surface area contributed by atoms with Gasteiger partial charge in [0.1, 0.15) is 29.1 Å². The first-order valence-electron chi connectivity index (χ1n) is 13.6. The largest absolute Gasteiger partial charge is 0.482 e. The molecule has 3 aromatic carbocycles. The Morgan fingerprint density at radius 2 is 1.82 bits per heavy atom. The first-order valence-corrected chi connectivity index (χ1v) is 15.5. The molecule has 12 heteroatoms. The van der Waals surface area contributed by atoms with Crippen LogP contribution in [0.5, 0.6) is 5.75 Å². The van der Waals surface area contributed by atoms with Crippen LogP contribution >= 0.6 is 45.8 Å². The van der Waals surface area contributed by atoms with Crippen LogP contribution in [0.25, 0.3) is 11.0 Å². The van der Waals surface area contributed by atoms with Crippen LogP contribution in [0.15, 0.2) is 93.7 Å². The highest BCUT2D eigenvalue weighted by Gasteiger charge is 2.41. The van der Waals surface area contributed by atoms with E-state index in [-0.39, 0.29) is 42.3 Å². The van der Waals surface area contributed by atoms with Crippen molar-refractivity contribution < 1.29 is 29.0 Å². The van der Waals surface area contributed by atoms with Crippen molar-refractivity contribution in [1.29, 1.82) is 0 Å². The second kappa shape index (κ2) is 14.1. The molecule has 44 heavy (non-hydrogen) atoms. The van der Waals surface area contributed by atoms with Gasteiger partial charge in [-0.1, -0.05) is 59.6 Å². The molecule has 3 N–H and O–H groups in total. The van der Waals surface area contributed by atoms with Gasteiger partial charge in [-0.2, -0.15) is 0 Å². The van der Waals surface area contributed by atoms with Crippen LogP contribution in [0.4, 0.5) is 0 Å². The maximum Gasteiger partial charge on any atom is 0.349 e. The lowest BCUT2D eigenvalue weighted by Crippen LogP contribution is -2.55. The number of aliphatic hydroxyl groups excluding tert-OH is 2. The van der Waals surface area contributed by atoms with Crippen LogP contribution in [0, 0.1) is 3.57 Å². The van der Waals surface area contributed by atoms with Gasteiger partial charge in [-0.05, 0) is 70.6 Å². The van der Waals surface area contributed by atoms with Crippen LogP contribution in [0.2, 0.25) is 10.0 Å². The Balaban J connectivity index is 1.60. The van der Waals surface area contributed by atoms with Gasteiger partial charge in [0.05, 0.1) is 16.2 Å². The van der Waals surface area contributed by atoms with E-state index in [4.69, 9.17) is 32.4 Å². The number of hydrogen-bond acceptors (Lipinski definition) is 7. The van der Waals surface area contributed by atoms with Gasteiger partial charge in [-0.25, -0.2) is 4.79 Å². The zero-order valence-electron chi connectivity index (χ0n) is 23.1. The van der Waals surface area contributed by atoms with Crippen molar-refractivity contribution >= 4 is 68.6 Å². The molecule has 2 amide bonds. The summed E-state index contributed by atoms with van der Waals surface area (Å²) in [5.74, 6) is -0.753. The fourth-order valence-corrected chi connectivity index (χ4v) is 5.99. The highest BCUT2D eigenvalue weighted by molar-refractivity contribution is 14.1. The fourth-order valence-electron chi connectivity index (χ4n) is 5.01. The van der Waals surface area contributed by atoms with Gasteiger partial charge in [-0.15, -0.1) is 0 Å². The van der Waals surface area contributed by atoms with Crippen molar-refractivity contribution in [3.63, 3.8) is 0 Å². The lowest BCUT2D eigenvalue weighted by Gasteiger charge is -2.40. The van der Waals surface area contributed by atoms with Gasteiger partial charge in [0.15, 0.2) is 0 Å². The predicted molar refractivity (Wildman–Crippen MR) is 175 cm³/mol. The summed E-state index contributed by atoms with van der Waals surface area (Å²) >= 11 is 14.7. The van der Waals surface area contributed by atoms with Gasteiger partial charge < -0.3 is 29.6 Å². The molecule has 3 atom stereocenters. The van der Waals surface area contributed by atoms with Crippen LogP contribution < -0.4 is 15.7 Å². The average molecular weight is 749 g/mol. The van der Waals surface area contributed by atoms with Crippen LogP contribution in [0.3, 0.4) is 0 Å². The summed E-state index contributed by atoms with van der Waals surface area (Å²) in [7, 11) is 0. The summed E-state index contributed by atoms with van der Waals surface area (Å²) in [6.07, 6.45) is -0.953. The third kappa shape index (κ3) is 7.10. The van der Waals surface area contributed by atoms with Crippen molar-refractivity contribution in [2.24, 2.45) is 0 Å². The van der Waals surface area contributed by atoms with E-state index >= 15 is 0 Å². The third-order valence-corrected chi connectivity index (χ3v) is 8.68. The van der Waals surface area contributed by atoms with Gasteiger partial charge in [0.25, 0.3) is 5.91 Å². The molecule has 3 unspecified atom stereocenters. The van der Waals surface area contributed by atoms with Gasteiger partial charge in [0, 0.05) is 40.5 Å². The van der Waals surface area contributed by atoms with Gasteiger partial charge in [-0.3, -0.25) is 9.59 Å². The van der Waals surface area contributed by atoms with Crippen molar-refractivity contribution in [1.82, 2.24) is 10.2 Å². The second-order valence-electron chi connectivity index (χ2n) is 10.1. The number of aliphatic hydroxyl groups is 2. The summed E-state index contributed by atoms with van der Waals surface area (Å²) in [6.45, 7) is -0.402. The van der Waals surface area contributed by atoms with E-state index in [1.165, 1.54) is 23.1 Å². The highest BCUT2D eigenvalue weighted by Crippen LogP contribution is 2.32. The van der Waals surface area contributed by atoms with Crippen molar-refractivity contribution in [2.75, 3.05) is 13.2 Å². The number of ether oxygens (including phenoxy) is 1. The predicted octanol–water partition coefficient (Wildman–Crippen LogP) is 4.96. The van der Waals surface area contributed by atoms with Gasteiger partial charge >= 0.3 is 5.63 Å². The Bertz CT molecular complexity index is 1790. The van der Waals surface area contributed by atoms with E-state index in [9.17, 15) is 24.6 Å². The minimum absolute atomic E-state index is 0.00661. The molecule has 0 fully saturated rings. The molecule has 1 aliphatic rings. The quantitative estimate of drug-likeness (QED) is 0.163. The Morgan fingerprint density at radius 3 is 2.57 bits per heavy atom. The molecule has 228 valence electrons. The summed E-state index contributed by atoms with van der Waals surface area (Å²) in [6, 6.07) is 19.2. The summed E-state index contributed by atoms with van der Waals surface area (Å²) in [4.78, 5) is 41.9. The Morgan fingerprint density at radius 1 is 1.07 bits per heavy atom. The maximum atomic E-state index is 14.3. The first-order chi connectivity index (χ1) is 21.2. The molecule has 0 radical (unpaired) electrons. The van der Waals surface area contributed by atoms with E-state index in [1.807, 2.05) is 12.1 Å². The lowest BCUT2D eigenvalue weighted by atomic mass is 9.87. The molecule has 1 aliphatic carbocycles. The smallest absolute Gasteiger partial charge is 0.349 e. The molecule has 0 saturated heterocycles. The van der Waals surface area contributed by atoms with E-state index < -0.39 is 35.7 Å². The Kier molecular flexibility index (Phi) is 10.3. The zero-order chi connectivity index (χ0) is 31.4. The number of nitrogens with zero attached hydrogens (tertiary/aromatic N) is 1. The summed E-state index contributed by atoms with van der Waals surface area (Å²) < 4.78 is 12.4. The monoisotopic (exact) mass is 748 g/mol. The van der Waals surface area contributed by atoms with Crippen LogP contribution in [-0.4, -0.2) is 58.3 Å². The summed E-state index contributed by atoms with van der Waals surface area (Å²) in [5, 5.41) is 24.9. The molecular formula is C32H27Cl2IN2O7. The van der Waals surface area contributed by atoms with Crippen LogP contribution in [0.1, 0.15) is 22.3 Å². The molecule has 0 bridgehead atoms. The van der Waals surface area contributed by atoms with E-state index in [1.54, 1.807) is 48.5 Å². The Hall–Kier alpha value is -3.42. The number of para-hydroxylation sites is 2. The second-order valence-corrected chi connectivity index (χ2v) is 12.1. The first kappa shape index (κ1) is 32.0. The molecule has 0 saturated carbocycles. The number of rotatable bonds is 9. The average Bonchev–Trinajstić information content (AvgIpc) is 3.01. The number of hydrogen-bond donors (Lipinski definition) is 3. The summed E-state index contributed by atoms with van der Waals surface area (Å²) in [5.41, 5.74) is -0.0603. The third-order valence-electron chi connectivity index (χ3n) is 7.20. The number of amides is 2. The highest BCUT2D eigenvalue weighted by atomic mass is 127. The normalized spacial score (nSPS) is 18.0. The fraction of sp³-hybridized carbons (Fsp3) is 0.219. The Labute approximate surface area is 276 Å². The molecule has 0 spiro atoms. The molecule has 4 aromatic rings. The molecule has 5 rings (SSSR count). The number of carbonyl (C=O) groups is 2. The molecule has 0 aliphatic heterocycles. The minimum atomic E-state index is -1.33. The number of nitrogens with one attached hydrogen (secondary N) is 1. The number of benzene rings is 3. The van der Waals surface area contributed by atoms with E-state index in [0.29, 0.717) is 27.3 Å². The van der Waals surface area contributed by atoms with Crippen molar-refractivity contribution in [3.8, 4) is 5.75 Å². The van der Waals surface area contributed by atoms with Gasteiger partial charge in [0.2, 0.25) is 5.91 Å². The van der Waals surface area contributed by atoms with E-state index in [0.717, 1.165) is 3.57 Å². The maximum absolute atomic E-state index is 14.3.